The molecule has 0 spiro atoms. The fraction of sp³-hybridized carbons (Fsp3) is 0.438. The van der Waals surface area contributed by atoms with Crippen molar-refractivity contribution in [3.05, 3.63) is 42.5 Å². The first kappa shape index (κ1) is 13.9. The topological polar surface area (TPSA) is 42.3 Å². The molecule has 2 heterocycles. The Bertz CT molecular complexity index is 575. The lowest BCUT2D eigenvalue weighted by Crippen LogP contribution is -2.36. The Labute approximate surface area is 125 Å². The number of rotatable bonds is 5. The molecule has 1 N–H and O–H groups in total. The predicted molar refractivity (Wildman–Crippen MR) is 84.7 cm³/mol. The van der Waals surface area contributed by atoms with Crippen molar-refractivity contribution in [3.8, 4) is 0 Å². The zero-order valence-corrected chi connectivity index (χ0v) is 12.5. The minimum atomic E-state index is 0.787. The van der Waals surface area contributed by atoms with E-state index in [1.807, 2.05) is 12.5 Å². The maximum Gasteiger partial charge on any atom is 0.0948 e. The highest BCUT2D eigenvalue weighted by Gasteiger charge is 2.14. The molecule has 0 unspecified atom stereocenters. The van der Waals surface area contributed by atoms with E-state index < -0.39 is 0 Å². The fourth-order valence-corrected chi connectivity index (χ4v) is 2.67. The van der Waals surface area contributed by atoms with E-state index in [0.29, 0.717) is 0 Å². The smallest absolute Gasteiger partial charge is 0.0948 e. The van der Waals surface area contributed by atoms with Crippen molar-refractivity contribution in [3.63, 3.8) is 0 Å². The summed E-state index contributed by atoms with van der Waals surface area (Å²) in [5.74, 6) is 0. The van der Waals surface area contributed by atoms with Gasteiger partial charge in [0.2, 0.25) is 0 Å². The second kappa shape index (κ2) is 6.63. The third-order valence-electron chi connectivity index (χ3n) is 3.85. The average molecular weight is 286 g/mol. The zero-order chi connectivity index (χ0) is 14.5. The van der Waals surface area contributed by atoms with Gasteiger partial charge in [0.25, 0.3) is 0 Å². The summed E-state index contributed by atoms with van der Waals surface area (Å²) in [7, 11) is 0. The lowest BCUT2D eigenvalue weighted by molar-refractivity contribution is 0.123. The minimum Gasteiger partial charge on any atom is -0.378 e. The summed E-state index contributed by atoms with van der Waals surface area (Å²) >= 11 is 0. The Morgan fingerprint density at radius 1 is 1.24 bits per heavy atom. The normalized spacial score (nSPS) is 15.2. The van der Waals surface area contributed by atoms with Crippen LogP contribution >= 0.6 is 0 Å². The van der Waals surface area contributed by atoms with Crippen LogP contribution in [0.25, 0.3) is 0 Å². The molecule has 0 bridgehead atoms. The maximum atomic E-state index is 5.44. The molecule has 5 heteroatoms. The van der Waals surface area contributed by atoms with Gasteiger partial charge in [-0.2, -0.15) is 0 Å². The summed E-state index contributed by atoms with van der Waals surface area (Å²) in [5, 5.41) is 3.54. The zero-order valence-electron chi connectivity index (χ0n) is 12.5. The van der Waals surface area contributed by atoms with Gasteiger partial charge in [0.05, 0.1) is 43.2 Å². The van der Waals surface area contributed by atoms with Crippen molar-refractivity contribution >= 4 is 11.4 Å². The molecule has 2 aromatic rings. The second-order valence-electron chi connectivity index (χ2n) is 5.14. The lowest BCUT2D eigenvalue weighted by Gasteiger charge is -2.30. The maximum absolute atomic E-state index is 5.44. The van der Waals surface area contributed by atoms with E-state index in [-0.39, 0.29) is 0 Å². The number of nitrogens with one attached hydrogen (secondary N) is 1. The van der Waals surface area contributed by atoms with Gasteiger partial charge in [-0.05, 0) is 19.1 Å². The van der Waals surface area contributed by atoms with Crippen LogP contribution < -0.4 is 10.2 Å². The van der Waals surface area contributed by atoms with E-state index in [9.17, 15) is 0 Å². The van der Waals surface area contributed by atoms with Crippen molar-refractivity contribution < 1.29 is 4.74 Å². The van der Waals surface area contributed by atoms with Crippen LogP contribution in [0.1, 0.15) is 12.6 Å². The fourth-order valence-electron chi connectivity index (χ4n) is 2.67. The van der Waals surface area contributed by atoms with E-state index in [0.717, 1.165) is 39.4 Å². The molecule has 0 radical (unpaired) electrons. The molecule has 0 aliphatic carbocycles. The number of imidazole rings is 1. The van der Waals surface area contributed by atoms with Gasteiger partial charge in [-0.1, -0.05) is 12.1 Å². The third kappa shape index (κ3) is 3.19. The standard InChI is InChI=1S/C16H22N4O/c1-2-19-13-17-11-14(19)12-18-15-5-3-4-6-16(15)20-7-9-21-10-8-20/h3-6,11,13,18H,2,7-10,12H2,1H3. The first-order valence-electron chi connectivity index (χ1n) is 7.53. The number of ether oxygens (including phenoxy) is 1. The van der Waals surface area contributed by atoms with E-state index in [1.165, 1.54) is 17.1 Å². The van der Waals surface area contributed by atoms with Gasteiger partial charge in [0.1, 0.15) is 0 Å². The highest BCUT2D eigenvalue weighted by molar-refractivity contribution is 5.70. The van der Waals surface area contributed by atoms with Crippen molar-refractivity contribution in [2.24, 2.45) is 0 Å². The van der Waals surface area contributed by atoms with Gasteiger partial charge < -0.3 is 19.5 Å². The molecule has 112 valence electrons. The van der Waals surface area contributed by atoms with Crippen LogP contribution in [-0.2, 0) is 17.8 Å². The Balaban J connectivity index is 1.73. The molecule has 1 aliphatic heterocycles. The molecule has 0 atom stereocenters. The van der Waals surface area contributed by atoms with Crippen molar-refractivity contribution in [2.75, 3.05) is 36.5 Å². The molecule has 3 rings (SSSR count). The Morgan fingerprint density at radius 2 is 2.05 bits per heavy atom. The van der Waals surface area contributed by atoms with Gasteiger partial charge in [-0.25, -0.2) is 4.98 Å². The van der Waals surface area contributed by atoms with Crippen LogP contribution in [-0.4, -0.2) is 35.9 Å². The number of aromatic nitrogens is 2. The summed E-state index contributed by atoms with van der Waals surface area (Å²) in [5.41, 5.74) is 3.63. The largest absolute Gasteiger partial charge is 0.378 e. The second-order valence-corrected chi connectivity index (χ2v) is 5.14. The molecule has 1 aromatic heterocycles. The molecular weight excluding hydrogens is 264 g/mol. The number of hydrogen-bond donors (Lipinski definition) is 1. The summed E-state index contributed by atoms with van der Waals surface area (Å²) in [6, 6.07) is 8.47. The van der Waals surface area contributed by atoms with E-state index in [2.05, 4.69) is 51.0 Å². The minimum absolute atomic E-state index is 0.787. The molecule has 5 nitrogen and oxygen atoms in total. The summed E-state index contributed by atoms with van der Waals surface area (Å²) < 4.78 is 7.59. The Kier molecular flexibility index (Phi) is 4.40. The van der Waals surface area contributed by atoms with Crippen LogP contribution in [0.2, 0.25) is 0 Å². The van der Waals surface area contributed by atoms with Crippen molar-refractivity contribution in [2.45, 2.75) is 20.0 Å². The number of anilines is 2. The Morgan fingerprint density at radius 3 is 2.86 bits per heavy atom. The number of benzene rings is 1. The van der Waals surface area contributed by atoms with Crippen LogP contribution in [0, 0.1) is 0 Å². The molecule has 21 heavy (non-hydrogen) atoms. The molecule has 1 aromatic carbocycles. The number of aryl methyl sites for hydroxylation is 1. The van der Waals surface area contributed by atoms with Gasteiger partial charge in [0, 0.05) is 25.8 Å². The summed E-state index contributed by atoms with van der Waals surface area (Å²) in [4.78, 5) is 6.59. The van der Waals surface area contributed by atoms with E-state index in [4.69, 9.17) is 4.74 Å². The van der Waals surface area contributed by atoms with Gasteiger partial charge in [0.15, 0.2) is 0 Å². The highest BCUT2D eigenvalue weighted by Crippen LogP contribution is 2.26. The predicted octanol–water partition coefficient (Wildman–Crippen LogP) is 2.35. The van der Waals surface area contributed by atoms with Crippen LogP contribution in [0.4, 0.5) is 11.4 Å². The third-order valence-corrected chi connectivity index (χ3v) is 3.85. The first-order chi connectivity index (χ1) is 10.4. The number of para-hydroxylation sites is 2. The van der Waals surface area contributed by atoms with Gasteiger partial charge >= 0.3 is 0 Å². The number of hydrogen-bond acceptors (Lipinski definition) is 4. The lowest BCUT2D eigenvalue weighted by atomic mass is 10.2. The molecule has 0 saturated carbocycles. The molecule has 0 amide bonds. The van der Waals surface area contributed by atoms with E-state index in [1.54, 1.807) is 0 Å². The first-order valence-corrected chi connectivity index (χ1v) is 7.53. The summed E-state index contributed by atoms with van der Waals surface area (Å²) in [6.07, 6.45) is 3.80. The summed E-state index contributed by atoms with van der Waals surface area (Å²) in [6.45, 7) is 7.37. The SMILES string of the molecule is CCn1cncc1CNc1ccccc1N1CCOCC1. The van der Waals surface area contributed by atoms with Crippen LogP contribution in [0.15, 0.2) is 36.8 Å². The van der Waals surface area contributed by atoms with Gasteiger partial charge in [-0.3, -0.25) is 0 Å². The highest BCUT2D eigenvalue weighted by atomic mass is 16.5. The van der Waals surface area contributed by atoms with Crippen LogP contribution in [0.5, 0.6) is 0 Å². The van der Waals surface area contributed by atoms with Gasteiger partial charge in [-0.15, -0.1) is 0 Å². The monoisotopic (exact) mass is 286 g/mol. The van der Waals surface area contributed by atoms with E-state index >= 15 is 0 Å². The molecule has 1 aliphatic rings. The van der Waals surface area contributed by atoms with Crippen molar-refractivity contribution in [1.29, 1.82) is 0 Å². The van der Waals surface area contributed by atoms with Crippen molar-refractivity contribution in [1.82, 2.24) is 9.55 Å². The Hall–Kier alpha value is -2.01. The van der Waals surface area contributed by atoms with Crippen LogP contribution in [0.3, 0.4) is 0 Å². The quantitative estimate of drug-likeness (QED) is 0.916. The molecular formula is C16H22N4O. The molecule has 1 fully saturated rings. The molecule has 1 saturated heterocycles. The number of nitrogens with zero attached hydrogens (tertiary/aromatic N) is 3. The average Bonchev–Trinajstić information content (AvgIpc) is 3.01. The number of morpholine rings is 1.